The molecule has 6 nitrogen and oxygen atoms in total. The normalized spacial score (nSPS) is 20.6. The van der Waals surface area contributed by atoms with Crippen LogP contribution in [-0.2, 0) is 17.7 Å². The van der Waals surface area contributed by atoms with Crippen LogP contribution in [0.25, 0.3) is 0 Å². The number of carbonyl (C=O) groups is 1. The third-order valence-corrected chi connectivity index (χ3v) is 5.03. The lowest BCUT2D eigenvalue weighted by molar-refractivity contribution is -0.0176. The van der Waals surface area contributed by atoms with E-state index in [1.807, 2.05) is 6.20 Å². The van der Waals surface area contributed by atoms with Crippen LogP contribution in [0.1, 0.15) is 30.7 Å². The number of hydrogen-bond acceptors (Lipinski definition) is 5. The number of rotatable bonds is 6. The summed E-state index contributed by atoms with van der Waals surface area (Å²) in [6, 6.07) is 0.564. The van der Waals surface area contributed by atoms with E-state index in [0.29, 0.717) is 25.2 Å². The molecule has 0 aromatic carbocycles. The second-order valence-electron chi connectivity index (χ2n) is 5.65. The Kier molecular flexibility index (Phi) is 6.60. The lowest BCUT2D eigenvalue weighted by atomic mass is 10.2. The zero-order valence-corrected chi connectivity index (χ0v) is 14.4. The molecule has 2 rings (SSSR count). The molecule has 1 fully saturated rings. The molecule has 0 radical (unpaired) electrons. The van der Waals surface area contributed by atoms with Crippen LogP contribution in [0.3, 0.4) is 0 Å². The number of aromatic nitrogens is 1. The topological polar surface area (TPSA) is 66.5 Å². The third kappa shape index (κ3) is 4.93. The van der Waals surface area contributed by atoms with Crippen LogP contribution in [0.15, 0.2) is 6.20 Å². The maximum absolute atomic E-state index is 11.9. The minimum absolute atomic E-state index is 0.138. The van der Waals surface area contributed by atoms with Gasteiger partial charge in [0.25, 0.3) is 0 Å². The Balaban J connectivity index is 1.68. The number of amides is 2. The van der Waals surface area contributed by atoms with Gasteiger partial charge < -0.3 is 15.4 Å². The molecule has 2 N–H and O–H groups in total. The van der Waals surface area contributed by atoms with Gasteiger partial charge in [-0.25, -0.2) is 9.78 Å². The summed E-state index contributed by atoms with van der Waals surface area (Å²) in [7, 11) is 0. The number of hydrogen-bond donors (Lipinski definition) is 2. The van der Waals surface area contributed by atoms with Crippen LogP contribution >= 0.6 is 11.3 Å². The summed E-state index contributed by atoms with van der Waals surface area (Å²) >= 11 is 1.65. The second kappa shape index (κ2) is 8.45. The summed E-state index contributed by atoms with van der Waals surface area (Å²) in [5.74, 6) is 0. The maximum atomic E-state index is 11.9. The van der Waals surface area contributed by atoms with E-state index in [9.17, 15) is 4.79 Å². The van der Waals surface area contributed by atoms with E-state index < -0.39 is 0 Å². The molecule has 0 spiro atoms. The van der Waals surface area contributed by atoms with Crippen molar-refractivity contribution in [3.8, 4) is 0 Å². The van der Waals surface area contributed by atoms with Crippen LogP contribution in [-0.4, -0.2) is 54.3 Å². The van der Waals surface area contributed by atoms with E-state index in [-0.39, 0.29) is 6.03 Å². The minimum Gasteiger partial charge on any atom is -0.379 e. The van der Waals surface area contributed by atoms with Crippen LogP contribution in [0.2, 0.25) is 0 Å². The number of urea groups is 1. The summed E-state index contributed by atoms with van der Waals surface area (Å²) in [5.41, 5.74) is 0. The largest absolute Gasteiger partial charge is 0.379 e. The van der Waals surface area contributed by atoms with Crippen LogP contribution in [0.4, 0.5) is 4.79 Å². The molecule has 124 valence electrons. The van der Waals surface area contributed by atoms with Crippen molar-refractivity contribution in [1.29, 1.82) is 0 Å². The van der Waals surface area contributed by atoms with Gasteiger partial charge in [0.2, 0.25) is 0 Å². The monoisotopic (exact) mass is 326 g/mol. The quantitative estimate of drug-likeness (QED) is 0.833. The number of nitrogens with zero attached hydrogens (tertiary/aromatic N) is 2. The van der Waals surface area contributed by atoms with Gasteiger partial charge in [-0.3, -0.25) is 4.90 Å². The molecule has 1 aromatic heterocycles. The van der Waals surface area contributed by atoms with Crippen molar-refractivity contribution in [2.75, 3.05) is 26.3 Å². The van der Waals surface area contributed by atoms with E-state index in [4.69, 9.17) is 4.74 Å². The number of aryl methyl sites for hydroxylation is 1. The van der Waals surface area contributed by atoms with E-state index in [2.05, 4.69) is 41.3 Å². The standard InChI is InChI=1S/C15H26N4O2S/c1-4-13-8-16-14(22-13)9-18-15(20)17-7-11(2)19-5-6-21-10-12(19)3/h8,11-12H,4-7,9-10H2,1-3H3,(H2,17,18,20). The Morgan fingerprint density at radius 2 is 2.41 bits per heavy atom. The van der Waals surface area contributed by atoms with Crippen molar-refractivity contribution in [3.63, 3.8) is 0 Å². The molecule has 2 unspecified atom stereocenters. The fourth-order valence-electron chi connectivity index (χ4n) is 2.56. The van der Waals surface area contributed by atoms with Crippen molar-refractivity contribution in [2.45, 2.75) is 45.8 Å². The van der Waals surface area contributed by atoms with Crippen LogP contribution in [0, 0.1) is 0 Å². The van der Waals surface area contributed by atoms with Gasteiger partial charge in [0.1, 0.15) is 5.01 Å². The van der Waals surface area contributed by atoms with E-state index in [1.54, 1.807) is 11.3 Å². The first-order valence-electron chi connectivity index (χ1n) is 7.89. The van der Waals surface area contributed by atoms with Gasteiger partial charge in [-0.05, 0) is 20.3 Å². The molecule has 1 saturated heterocycles. The van der Waals surface area contributed by atoms with E-state index in [1.165, 1.54) is 4.88 Å². The molecule has 0 saturated carbocycles. The third-order valence-electron chi connectivity index (χ3n) is 3.89. The zero-order valence-electron chi connectivity index (χ0n) is 13.6. The van der Waals surface area contributed by atoms with Crippen molar-refractivity contribution < 1.29 is 9.53 Å². The number of carbonyl (C=O) groups excluding carboxylic acids is 1. The lowest BCUT2D eigenvalue weighted by Gasteiger charge is -2.37. The van der Waals surface area contributed by atoms with Crippen molar-refractivity contribution in [1.82, 2.24) is 20.5 Å². The average molecular weight is 326 g/mol. The molecule has 2 atom stereocenters. The Bertz CT molecular complexity index is 480. The summed E-state index contributed by atoms with van der Waals surface area (Å²) in [4.78, 5) is 19.8. The zero-order chi connectivity index (χ0) is 15.9. The smallest absolute Gasteiger partial charge is 0.315 e. The fourth-order valence-corrected chi connectivity index (χ4v) is 3.37. The number of thiazole rings is 1. The highest BCUT2D eigenvalue weighted by Crippen LogP contribution is 2.13. The van der Waals surface area contributed by atoms with Crippen molar-refractivity contribution >= 4 is 17.4 Å². The molecule has 22 heavy (non-hydrogen) atoms. The Morgan fingerprint density at radius 1 is 1.59 bits per heavy atom. The predicted octanol–water partition coefficient (Wildman–Crippen LogP) is 1.61. The summed E-state index contributed by atoms with van der Waals surface area (Å²) in [6.07, 6.45) is 2.86. The predicted molar refractivity (Wildman–Crippen MR) is 88.2 cm³/mol. The summed E-state index contributed by atoms with van der Waals surface area (Å²) < 4.78 is 5.44. The molecule has 2 heterocycles. The maximum Gasteiger partial charge on any atom is 0.315 e. The van der Waals surface area contributed by atoms with Gasteiger partial charge in [0.15, 0.2) is 0 Å². The lowest BCUT2D eigenvalue weighted by Crippen LogP contribution is -2.52. The highest BCUT2D eigenvalue weighted by molar-refractivity contribution is 7.11. The average Bonchev–Trinajstić information content (AvgIpc) is 2.99. The molecular weight excluding hydrogens is 300 g/mol. The Hall–Kier alpha value is -1.18. The first kappa shape index (κ1) is 17.2. The highest BCUT2D eigenvalue weighted by Gasteiger charge is 2.23. The summed E-state index contributed by atoms with van der Waals surface area (Å²) in [6.45, 7) is 9.97. The summed E-state index contributed by atoms with van der Waals surface area (Å²) in [5, 5.41) is 6.74. The molecule has 7 heteroatoms. The number of nitrogens with one attached hydrogen (secondary N) is 2. The molecule has 1 aromatic rings. The van der Waals surface area contributed by atoms with Gasteiger partial charge in [0, 0.05) is 36.2 Å². The second-order valence-corrected chi connectivity index (χ2v) is 6.85. The fraction of sp³-hybridized carbons (Fsp3) is 0.733. The first-order chi connectivity index (χ1) is 10.6. The van der Waals surface area contributed by atoms with Crippen molar-refractivity contribution in [3.05, 3.63) is 16.1 Å². The SMILES string of the molecule is CCc1cnc(CNC(=O)NCC(C)N2CCOCC2C)s1. The Labute approximate surface area is 136 Å². The number of morpholine rings is 1. The highest BCUT2D eigenvalue weighted by atomic mass is 32.1. The molecule has 0 aliphatic carbocycles. The van der Waals surface area contributed by atoms with Gasteiger partial charge in [-0.15, -0.1) is 11.3 Å². The van der Waals surface area contributed by atoms with Gasteiger partial charge in [-0.2, -0.15) is 0 Å². The number of ether oxygens (including phenoxy) is 1. The molecular formula is C15H26N4O2S. The van der Waals surface area contributed by atoms with Gasteiger partial charge in [-0.1, -0.05) is 6.92 Å². The van der Waals surface area contributed by atoms with Gasteiger partial charge in [0.05, 0.1) is 19.8 Å². The van der Waals surface area contributed by atoms with Crippen LogP contribution in [0.5, 0.6) is 0 Å². The van der Waals surface area contributed by atoms with Crippen LogP contribution < -0.4 is 10.6 Å². The molecule has 1 aliphatic heterocycles. The Morgan fingerprint density at radius 3 is 3.09 bits per heavy atom. The van der Waals surface area contributed by atoms with Gasteiger partial charge >= 0.3 is 6.03 Å². The molecule has 1 aliphatic rings. The molecule has 0 bridgehead atoms. The first-order valence-corrected chi connectivity index (χ1v) is 8.70. The minimum atomic E-state index is -0.138. The molecule has 2 amide bonds. The van der Waals surface area contributed by atoms with E-state index >= 15 is 0 Å². The van der Waals surface area contributed by atoms with Crippen molar-refractivity contribution in [2.24, 2.45) is 0 Å². The van der Waals surface area contributed by atoms with E-state index in [0.717, 1.165) is 31.2 Å².